The number of hydrogen-bond acceptors (Lipinski definition) is 5. The number of methoxy groups -OCH3 is 1. The van der Waals surface area contributed by atoms with Crippen LogP contribution in [0.2, 0.25) is 0 Å². The molecule has 8 heteroatoms. The fourth-order valence-corrected chi connectivity index (χ4v) is 6.69. The number of ether oxygens (including phenoxy) is 1. The highest BCUT2D eigenvalue weighted by molar-refractivity contribution is 7.12. The number of thiophene rings is 1. The number of aliphatic carboxylic acids is 1. The summed E-state index contributed by atoms with van der Waals surface area (Å²) < 4.78 is 5.49. The maximum Gasteiger partial charge on any atom is 0.306 e. The molecule has 1 aromatic heterocycles. The first-order chi connectivity index (χ1) is 18.7. The van der Waals surface area contributed by atoms with Crippen molar-refractivity contribution < 1.29 is 24.2 Å². The normalized spacial score (nSPS) is 18.9. The quantitative estimate of drug-likeness (QED) is 0.351. The van der Waals surface area contributed by atoms with Crippen molar-refractivity contribution in [3.63, 3.8) is 0 Å². The number of benzene rings is 2. The molecule has 1 saturated heterocycles. The molecule has 0 radical (unpaired) electrons. The van der Waals surface area contributed by atoms with E-state index in [1.54, 1.807) is 23.3 Å². The molecule has 2 amide bonds. The Morgan fingerprint density at radius 1 is 1.03 bits per heavy atom. The highest BCUT2D eigenvalue weighted by Crippen LogP contribution is 2.34. The summed E-state index contributed by atoms with van der Waals surface area (Å²) in [6.45, 7) is 4.78. The van der Waals surface area contributed by atoms with E-state index in [9.17, 15) is 19.5 Å². The molecular weight excluding hydrogens is 512 g/mol. The van der Waals surface area contributed by atoms with Crippen molar-refractivity contribution >= 4 is 34.8 Å². The van der Waals surface area contributed by atoms with Crippen molar-refractivity contribution in [2.24, 2.45) is 5.92 Å². The van der Waals surface area contributed by atoms with E-state index in [2.05, 4.69) is 36.5 Å². The average molecular weight is 547 g/mol. The molecule has 1 saturated carbocycles. The topological polar surface area (TPSA) is 95.9 Å². The van der Waals surface area contributed by atoms with E-state index in [1.165, 1.54) is 0 Å². The van der Waals surface area contributed by atoms with Gasteiger partial charge in [-0.3, -0.25) is 14.4 Å². The molecule has 39 heavy (non-hydrogen) atoms. The van der Waals surface area contributed by atoms with Gasteiger partial charge in [-0.15, -0.1) is 11.3 Å². The summed E-state index contributed by atoms with van der Waals surface area (Å²) in [5.74, 6) is -0.271. The van der Waals surface area contributed by atoms with Gasteiger partial charge < -0.3 is 20.1 Å². The number of hydrogen-bond donors (Lipinski definition) is 2. The lowest BCUT2D eigenvalue weighted by Crippen LogP contribution is -2.43. The highest BCUT2D eigenvalue weighted by atomic mass is 32.1. The smallest absolute Gasteiger partial charge is 0.306 e. The number of amides is 2. The minimum absolute atomic E-state index is 0.0131. The Morgan fingerprint density at radius 2 is 1.74 bits per heavy atom. The van der Waals surface area contributed by atoms with E-state index in [-0.39, 0.29) is 23.8 Å². The van der Waals surface area contributed by atoms with Crippen molar-refractivity contribution in [2.45, 2.75) is 58.4 Å². The number of β-lactam (4-membered cyclic amide) rings is 1. The van der Waals surface area contributed by atoms with Gasteiger partial charge in [0.15, 0.2) is 0 Å². The largest absolute Gasteiger partial charge is 0.497 e. The van der Waals surface area contributed by atoms with Crippen LogP contribution in [0.1, 0.15) is 63.3 Å². The van der Waals surface area contributed by atoms with Gasteiger partial charge >= 0.3 is 5.97 Å². The molecule has 1 aliphatic carbocycles. The first-order valence-electron chi connectivity index (χ1n) is 13.4. The maximum atomic E-state index is 13.4. The molecule has 2 aromatic carbocycles. The van der Waals surface area contributed by atoms with Crippen molar-refractivity contribution in [2.75, 3.05) is 18.6 Å². The molecule has 0 unspecified atom stereocenters. The summed E-state index contributed by atoms with van der Waals surface area (Å²) >= 11 is 1.64. The van der Waals surface area contributed by atoms with Gasteiger partial charge in [0.25, 0.3) is 5.91 Å². The van der Waals surface area contributed by atoms with Gasteiger partial charge in [-0.25, -0.2) is 0 Å². The summed E-state index contributed by atoms with van der Waals surface area (Å²) in [6, 6.07) is 14.2. The number of carbonyl (C=O) groups excluding carboxylic acids is 2. The number of aryl methyl sites for hydroxylation is 2. The van der Waals surface area contributed by atoms with Crippen LogP contribution in [0.4, 0.5) is 5.69 Å². The molecule has 1 aliphatic heterocycles. The van der Waals surface area contributed by atoms with Crippen LogP contribution in [-0.2, 0) is 16.0 Å². The average Bonchev–Trinajstić information content (AvgIpc) is 3.20. The Hall–Kier alpha value is -3.65. The molecule has 7 nitrogen and oxygen atoms in total. The first-order valence-corrected chi connectivity index (χ1v) is 14.3. The van der Waals surface area contributed by atoms with Crippen LogP contribution in [-0.4, -0.2) is 42.6 Å². The van der Waals surface area contributed by atoms with Crippen LogP contribution >= 0.6 is 11.3 Å². The Kier molecular flexibility index (Phi) is 7.75. The summed E-state index contributed by atoms with van der Waals surface area (Å²) in [5, 5.41) is 12.4. The molecule has 204 valence electrons. The van der Waals surface area contributed by atoms with Gasteiger partial charge in [0.05, 0.1) is 18.6 Å². The van der Waals surface area contributed by atoms with E-state index >= 15 is 0 Å². The summed E-state index contributed by atoms with van der Waals surface area (Å²) in [7, 11) is 1.63. The summed E-state index contributed by atoms with van der Waals surface area (Å²) in [5.41, 5.74) is 5.76. The zero-order chi connectivity index (χ0) is 27.7. The molecule has 0 spiro atoms. The Morgan fingerprint density at radius 3 is 2.33 bits per heavy atom. The van der Waals surface area contributed by atoms with Crippen LogP contribution in [0.25, 0.3) is 11.1 Å². The van der Waals surface area contributed by atoms with E-state index in [0.717, 1.165) is 49.8 Å². The monoisotopic (exact) mass is 546 g/mol. The zero-order valence-electron chi connectivity index (χ0n) is 22.6. The number of anilines is 1. The number of carboxylic acid groups (broad SMARTS) is 1. The van der Waals surface area contributed by atoms with Crippen molar-refractivity contribution in [1.29, 1.82) is 0 Å². The minimum atomic E-state index is -0.740. The van der Waals surface area contributed by atoms with Gasteiger partial charge in [0.2, 0.25) is 5.91 Å². The molecular formula is C31H34N2O5S. The number of rotatable bonds is 8. The van der Waals surface area contributed by atoms with Crippen LogP contribution in [0.5, 0.6) is 5.75 Å². The Balaban J connectivity index is 1.32. The lowest BCUT2D eigenvalue weighted by molar-refractivity contribution is -0.142. The molecule has 0 bridgehead atoms. The lowest BCUT2D eigenvalue weighted by atomic mass is 9.86. The molecule has 2 fully saturated rings. The number of carbonyl (C=O) groups is 3. The first kappa shape index (κ1) is 26.9. The van der Waals surface area contributed by atoms with Crippen molar-refractivity contribution in [3.05, 3.63) is 68.9 Å². The van der Waals surface area contributed by atoms with Gasteiger partial charge in [-0.2, -0.15) is 0 Å². The third-order valence-corrected chi connectivity index (χ3v) is 9.04. The molecule has 0 atom stereocenters. The minimum Gasteiger partial charge on any atom is -0.497 e. The lowest BCUT2D eigenvalue weighted by Gasteiger charge is -2.31. The number of carboxylic acids is 1. The van der Waals surface area contributed by atoms with Crippen molar-refractivity contribution in [1.82, 2.24) is 5.32 Å². The molecule has 2 heterocycles. The summed E-state index contributed by atoms with van der Waals surface area (Å²) in [4.78, 5) is 40.5. The summed E-state index contributed by atoms with van der Waals surface area (Å²) in [6.07, 6.45) is 3.82. The van der Waals surface area contributed by atoms with Gasteiger partial charge in [-0.05, 0) is 80.3 Å². The number of nitrogens with zero attached hydrogens (tertiary/aromatic N) is 1. The molecule has 3 aromatic rings. The third kappa shape index (κ3) is 5.71. The second-order valence-corrected chi connectivity index (χ2v) is 11.9. The zero-order valence-corrected chi connectivity index (χ0v) is 23.4. The van der Waals surface area contributed by atoms with Crippen molar-refractivity contribution in [3.8, 4) is 16.9 Å². The SMILES string of the molecule is COc1cc(-c2ccc(Cc3c(C)sc(C)c3C(=O)N[C@H]3CC[C@@H](C(=O)O)CC3)cc2)cc(N2CCC2=O)c1. The van der Waals surface area contributed by atoms with E-state index in [0.29, 0.717) is 44.3 Å². The standard InChI is InChI=1S/C31H34N2O5S/c1-18-27(29(19(2)39-18)30(35)32-24-10-8-22(9-11-24)31(36)37)14-20-4-6-21(7-5-20)23-15-25(17-26(16-23)38-3)33-13-12-28(33)34/h4-7,15-17,22,24H,8-14H2,1-3H3,(H,32,35)(H,36,37)/t22-,24+. The van der Waals surface area contributed by atoms with Gasteiger partial charge in [0.1, 0.15) is 5.75 Å². The highest BCUT2D eigenvalue weighted by Gasteiger charge is 2.29. The fraction of sp³-hybridized carbons (Fsp3) is 0.387. The van der Waals surface area contributed by atoms with Crippen LogP contribution in [0, 0.1) is 19.8 Å². The Bertz CT molecular complexity index is 1400. The second-order valence-electron chi connectivity index (χ2n) is 10.5. The van der Waals surface area contributed by atoms with Crippen LogP contribution in [0.15, 0.2) is 42.5 Å². The molecule has 2 N–H and O–H groups in total. The Labute approximate surface area is 232 Å². The van der Waals surface area contributed by atoms with Crippen LogP contribution < -0.4 is 15.0 Å². The van der Waals surface area contributed by atoms with Gasteiger partial charge in [0, 0.05) is 40.5 Å². The third-order valence-electron chi connectivity index (χ3n) is 7.98. The van der Waals surface area contributed by atoms with E-state index in [1.807, 2.05) is 25.1 Å². The molecule has 5 rings (SSSR count). The van der Waals surface area contributed by atoms with Crippen LogP contribution in [0.3, 0.4) is 0 Å². The van der Waals surface area contributed by atoms with Gasteiger partial charge in [-0.1, -0.05) is 24.3 Å². The van der Waals surface area contributed by atoms with E-state index in [4.69, 9.17) is 4.74 Å². The number of nitrogens with one attached hydrogen (secondary N) is 1. The predicted octanol–water partition coefficient (Wildman–Crippen LogP) is 5.74. The maximum absolute atomic E-state index is 13.4. The second kappa shape index (κ2) is 11.2. The predicted molar refractivity (Wildman–Crippen MR) is 153 cm³/mol. The molecule has 2 aliphatic rings. The fourth-order valence-electron chi connectivity index (χ4n) is 5.61. The van der Waals surface area contributed by atoms with E-state index < -0.39 is 5.97 Å².